The Balaban J connectivity index is 1.50. The molecule has 116 valence electrons. The second kappa shape index (κ2) is 5.65. The Morgan fingerprint density at radius 1 is 1.05 bits per heavy atom. The van der Waals surface area contributed by atoms with Crippen molar-refractivity contribution in [3.05, 3.63) is 48.0 Å². The van der Waals surface area contributed by atoms with Crippen molar-refractivity contribution in [3.63, 3.8) is 0 Å². The summed E-state index contributed by atoms with van der Waals surface area (Å²) in [4.78, 5) is 11.4. The molecule has 3 heteroatoms. The van der Waals surface area contributed by atoms with Crippen LogP contribution in [0.1, 0.15) is 44.1 Å². The van der Waals surface area contributed by atoms with Gasteiger partial charge in [-0.2, -0.15) is 0 Å². The maximum atomic E-state index is 6.02. The molecule has 1 saturated heterocycles. The molecule has 1 aliphatic heterocycles. The van der Waals surface area contributed by atoms with Gasteiger partial charge in [-0.05, 0) is 29.2 Å². The van der Waals surface area contributed by atoms with Gasteiger partial charge in [0.1, 0.15) is 6.10 Å². The molecular weight excluding hydrogens is 276 g/mol. The summed E-state index contributed by atoms with van der Waals surface area (Å²) < 4.78 is 6.02. The van der Waals surface area contributed by atoms with Crippen LogP contribution in [0.25, 0.3) is 10.8 Å². The van der Waals surface area contributed by atoms with Crippen LogP contribution < -0.4 is 0 Å². The van der Waals surface area contributed by atoms with Gasteiger partial charge < -0.3 is 4.74 Å². The Labute approximate surface area is 131 Å². The molecule has 2 aromatic carbocycles. The van der Waals surface area contributed by atoms with E-state index in [1.54, 1.807) is 0 Å². The number of hydrogen-bond acceptors (Lipinski definition) is 3. The van der Waals surface area contributed by atoms with Crippen LogP contribution in [0.4, 0.5) is 0 Å². The molecular formula is C19H22O3. The van der Waals surface area contributed by atoms with Crippen LogP contribution in [-0.2, 0) is 14.5 Å². The summed E-state index contributed by atoms with van der Waals surface area (Å²) in [7, 11) is 0. The Morgan fingerprint density at radius 2 is 1.82 bits per heavy atom. The maximum absolute atomic E-state index is 6.02. The summed E-state index contributed by atoms with van der Waals surface area (Å²) in [5, 5.41) is 2.53. The second-order valence-corrected chi connectivity index (χ2v) is 6.54. The van der Waals surface area contributed by atoms with E-state index < -0.39 is 5.79 Å². The minimum absolute atomic E-state index is 0.0487. The molecule has 2 aliphatic rings. The van der Waals surface area contributed by atoms with Gasteiger partial charge in [-0.15, -0.1) is 0 Å². The van der Waals surface area contributed by atoms with E-state index in [2.05, 4.69) is 49.4 Å². The van der Waals surface area contributed by atoms with E-state index in [-0.39, 0.29) is 12.0 Å². The molecule has 1 heterocycles. The molecule has 22 heavy (non-hydrogen) atoms. The highest BCUT2D eigenvalue weighted by atomic mass is 17.2. The van der Waals surface area contributed by atoms with Crippen molar-refractivity contribution >= 4 is 10.8 Å². The fourth-order valence-corrected chi connectivity index (χ4v) is 3.51. The van der Waals surface area contributed by atoms with Gasteiger partial charge in [0.2, 0.25) is 5.79 Å². The molecule has 2 aromatic rings. The van der Waals surface area contributed by atoms with E-state index in [4.69, 9.17) is 14.5 Å². The highest BCUT2D eigenvalue weighted by molar-refractivity contribution is 5.83. The third-order valence-electron chi connectivity index (χ3n) is 5.06. The van der Waals surface area contributed by atoms with Crippen molar-refractivity contribution in [2.24, 2.45) is 0 Å². The Hall–Kier alpha value is -1.42. The number of hydrogen-bond donors (Lipinski definition) is 0. The highest BCUT2D eigenvalue weighted by Crippen LogP contribution is 2.39. The quantitative estimate of drug-likeness (QED) is 0.761. The van der Waals surface area contributed by atoms with E-state index in [0.717, 1.165) is 25.7 Å². The average Bonchev–Trinajstić information content (AvgIpc) is 3.02. The first-order valence-electron chi connectivity index (χ1n) is 8.23. The summed E-state index contributed by atoms with van der Waals surface area (Å²) in [6.45, 7) is 2.78. The monoisotopic (exact) mass is 298 g/mol. The lowest BCUT2D eigenvalue weighted by atomic mass is 9.93. The van der Waals surface area contributed by atoms with E-state index in [1.165, 1.54) is 16.3 Å². The van der Waals surface area contributed by atoms with Gasteiger partial charge in [-0.3, -0.25) is 0 Å². The first kappa shape index (κ1) is 14.2. The lowest BCUT2D eigenvalue weighted by Crippen LogP contribution is -2.44. The van der Waals surface area contributed by atoms with Gasteiger partial charge in [0.05, 0.1) is 6.61 Å². The van der Waals surface area contributed by atoms with Gasteiger partial charge in [0, 0.05) is 18.8 Å². The van der Waals surface area contributed by atoms with Gasteiger partial charge in [-0.1, -0.05) is 49.4 Å². The normalized spacial score (nSPS) is 25.6. The predicted octanol–water partition coefficient (Wildman–Crippen LogP) is 4.56. The van der Waals surface area contributed by atoms with Crippen molar-refractivity contribution in [2.75, 3.05) is 6.61 Å². The van der Waals surface area contributed by atoms with Crippen LogP contribution in [0.3, 0.4) is 0 Å². The Bertz CT molecular complexity index is 651. The first-order valence-corrected chi connectivity index (χ1v) is 8.23. The van der Waals surface area contributed by atoms with Gasteiger partial charge in [0.15, 0.2) is 0 Å². The summed E-state index contributed by atoms with van der Waals surface area (Å²) in [5.41, 5.74) is 1.26. The molecule has 2 fully saturated rings. The van der Waals surface area contributed by atoms with Crippen molar-refractivity contribution in [3.8, 4) is 0 Å². The third kappa shape index (κ3) is 2.54. The molecule has 3 nitrogen and oxygen atoms in total. The molecule has 0 N–H and O–H groups in total. The number of benzene rings is 2. The molecule has 0 aromatic heterocycles. The van der Waals surface area contributed by atoms with Crippen LogP contribution in [0.2, 0.25) is 0 Å². The highest BCUT2D eigenvalue weighted by Gasteiger charge is 2.43. The van der Waals surface area contributed by atoms with Crippen LogP contribution in [-0.4, -0.2) is 18.5 Å². The van der Waals surface area contributed by atoms with Crippen LogP contribution >= 0.6 is 0 Å². The minimum Gasteiger partial charge on any atom is -0.344 e. The molecule has 1 spiro atoms. The van der Waals surface area contributed by atoms with Gasteiger partial charge in [0.25, 0.3) is 0 Å². The van der Waals surface area contributed by atoms with Crippen molar-refractivity contribution in [1.82, 2.24) is 0 Å². The third-order valence-corrected chi connectivity index (χ3v) is 5.06. The maximum Gasteiger partial charge on any atom is 0.201 e. The predicted molar refractivity (Wildman–Crippen MR) is 85.5 cm³/mol. The molecule has 2 atom stereocenters. The van der Waals surface area contributed by atoms with Crippen LogP contribution in [0.15, 0.2) is 42.5 Å². The topological polar surface area (TPSA) is 27.7 Å². The van der Waals surface area contributed by atoms with Crippen molar-refractivity contribution in [2.45, 2.75) is 50.4 Å². The van der Waals surface area contributed by atoms with E-state index >= 15 is 0 Å². The van der Waals surface area contributed by atoms with Crippen LogP contribution in [0.5, 0.6) is 0 Å². The molecule has 0 bridgehead atoms. The minimum atomic E-state index is -0.459. The van der Waals surface area contributed by atoms with Gasteiger partial charge >= 0.3 is 0 Å². The SMILES string of the molecule is CC(c1ccc2ccccc2c1)C1COC2(CCCC2)OO1. The second-order valence-electron chi connectivity index (χ2n) is 6.54. The lowest BCUT2D eigenvalue weighted by molar-refractivity contribution is -0.486. The average molecular weight is 298 g/mol. The van der Waals surface area contributed by atoms with E-state index in [0.29, 0.717) is 6.61 Å². The molecule has 0 radical (unpaired) electrons. The molecule has 0 amide bonds. The Kier molecular flexibility index (Phi) is 3.65. The number of ether oxygens (including phenoxy) is 1. The Morgan fingerprint density at radius 3 is 2.55 bits per heavy atom. The summed E-state index contributed by atoms with van der Waals surface area (Å²) in [5.74, 6) is -0.220. The molecule has 1 aliphatic carbocycles. The summed E-state index contributed by atoms with van der Waals surface area (Å²) in [6.07, 6.45) is 4.17. The molecule has 1 saturated carbocycles. The summed E-state index contributed by atoms with van der Waals surface area (Å²) in [6, 6.07) is 15.0. The lowest BCUT2D eigenvalue weighted by Gasteiger charge is -2.38. The zero-order chi connectivity index (χ0) is 15.0. The summed E-state index contributed by atoms with van der Waals surface area (Å²) >= 11 is 0. The van der Waals surface area contributed by atoms with Gasteiger partial charge in [-0.25, -0.2) is 9.78 Å². The smallest absolute Gasteiger partial charge is 0.201 e. The van der Waals surface area contributed by atoms with Crippen molar-refractivity contribution in [1.29, 1.82) is 0 Å². The largest absolute Gasteiger partial charge is 0.344 e. The zero-order valence-corrected chi connectivity index (χ0v) is 13.0. The van der Waals surface area contributed by atoms with Crippen molar-refractivity contribution < 1.29 is 14.5 Å². The molecule has 4 rings (SSSR count). The van der Waals surface area contributed by atoms with E-state index in [9.17, 15) is 0 Å². The fraction of sp³-hybridized carbons (Fsp3) is 0.474. The van der Waals surface area contributed by atoms with E-state index in [1.807, 2.05) is 0 Å². The number of rotatable bonds is 2. The standard InChI is InChI=1S/C19H22O3/c1-14(16-9-8-15-6-2-3-7-17(15)12-16)18-13-20-19(22-21-18)10-4-5-11-19/h2-3,6-9,12,14,18H,4-5,10-11,13H2,1H3. The van der Waals surface area contributed by atoms with Crippen LogP contribution in [0, 0.1) is 0 Å². The first-order chi connectivity index (χ1) is 10.8. The molecule has 2 unspecified atom stereocenters. The zero-order valence-electron chi connectivity index (χ0n) is 13.0. The number of fused-ring (bicyclic) bond motifs is 1. The fourth-order valence-electron chi connectivity index (χ4n) is 3.51.